The lowest BCUT2D eigenvalue weighted by atomic mass is 10.0. The third-order valence-corrected chi connectivity index (χ3v) is 4.84. The first-order valence-electron chi connectivity index (χ1n) is 9.12. The molecule has 0 N–H and O–H groups in total. The van der Waals surface area contributed by atoms with Crippen LogP contribution < -0.4 is 4.74 Å². The molecular formula is C17H18N4OS. The van der Waals surface area contributed by atoms with Gasteiger partial charge in [0, 0.05) is 11.5 Å². The molecule has 4 rings (SSSR count). The Kier molecular flexibility index (Phi) is 2.98. The second-order valence-electron chi connectivity index (χ2n) is 5.67. The van der Waals surface area contributed by atoms with Gasteiger partial charge in [-0.25, -0.2) is 19.9 Å². The van der Waals surface area contributed by atoms with Crippen molar-refractivity contribution in [1.29, 1.82) is 0 Å². The lowest BCUT2D eigenvalue weighted by Gasteiger charge is -2.16. The van der Waals surface area contributed by atoms with E-state index >= 15 is 0 Å². The second-order valence-corrected chi connectivity index (χ2v) is 6.47. The number of allylic oxidation sites excluding steroid dienone is 1. The van der Waals surface area contributed by atoms with E-state index in [2.05, 4.69) is 22.1 Å². The van der Waals surface area contributed by atoms with Crippen molar-refractivity contribution in [3.8, 4) is 17.3 Å². The van der Waals surface area contributed by atoms with E-state index < -0.39 is 7.04 Å². The fourth-order valence-electron chi connectivity index (χ4n) is 2.88. The lowest BCUT2D eigenvalue weighted by Crippen LogP contribution is -2.07. The first-order chi connectivity index (χ1) is 12.5. The molecule has 1 saturated carbocycles. The summed E-state index contributed by atoms with van der Waals surface area (Å²) in [5, 5.41) is 0.867. The van der Waals surface area contributed by atoms with Crippen LogP contribution in [0.1, 0.15) is 46.2 Å². The van der Waals surface area contributed by atoms with Gasteiger partial charge in [-0.3, -0.25) is 0 Å². The summed E-state index contributed by atoms with van der Waals surface area (Å²) in [4.78, 5) is 17.9. The molecule has 0 aromatic carbocycles. The average Bonchev–Trinajstić information content (AvgIpc) is 3.44. The molecule has 2 heterocycles. The third kappa shape index (κ3) is 2.61. The smallest absolute Gasteiger partial charge is 0.227 e. The van der Waals surface area contributed by atoms with Crippen molar-refractivity contribution in [2.24, 2.45) is 0 Å². The molecule has 0 amide bonds. The van der Waals surface area contributed by atoms with Crippen molar-refractivity contribution in [2.45, 2.75) is 36.6 Å². The number of nitrogens with zero attached hydrogens (tertiary/aromatic N) is 4. The van der Waals surface area contributed by atoms with Gasteiger partial charge in [0.1, 0.15) is 16.9 Å². The zero-order valence-electron chi connectivity index (χ0n) is 15.7. The maximum atomic E-state index is 7.45. The molecule has 0 unspecified atom stereocenters. The Morgan fingerprint density at radius 1 is 1.30 bits per heavy atom. The molecular weight excluding hydrogens is 308 g/mol. The molecule has 2 aliphatic carbocycles. The van der Waals surface area contributed by atoms with Crippen LogP contribution in [0, 0.1) is 0 Å². The highest BCUT2D eigenvalue weighted by Crippen LogP contribution is 2.45. The molecule has 5 nitrogen and oxygen atoms in total. The standard InChI is InChI=1S/C17H18N4OS/c1-22-16-13(14(10-7-8-10)18-9-19-16)15-20-12-6-4-3-5-11(12)17(21-15)23-2/h3,5,9-10H,4,6-8H2,1-2H3/i1D3. The van der Waals surface area contributed by atoms with Gasteiger partial charge in [-0.1, -0.05) is 12.2 Å². The van der Waals surface area contributed by atoms with Crippen LogP contribution in [0.25, 0.3) is 17.5 Å². The summed E-state index contributed by atoms with van der Waals surface area (Å²) >= 11 is 1.55. The van der Waals surface area contributed by atoms with E-state index in [1.165, 1.54) is 6.33 Å². The quantitative estimate of drug-likeness (QED) is 0.632. The second kappa shape index (κ2) is 5.92. The van der Waals surface area contributed by atoms with E-state index in [1.54, 1.807) is 11.8 Å². The number of aromatic nitrogens is 4. The minimum atomic E-state index is -2.59. The van der Waals surface area contributed by atoms with Crippen LogP contribution in [0.4, 0.5) is 0 Å². The summed E-state index contributed by atoms with van der Waals surface area (Å²) in [5.41, 5.74) is 3.29. The third-order valence-electron chi connectivity index (χ3n) is 4.14. The predicted molar refractivity (Wildman–Crippen MR) is 90.7 cm³/mol. The minimum absolute atomic E-state index is 0.0280. The summed E-state index contributed by atoms with van der Waals surface area (Å²) in [5.74, 6) is 0.759. The van der Waals surface area contributed by atoms with Gasteiger partial charge in [-0.2, -0.15) is 0 Å². The highest BCUT2D eigenvalue weighted by molar-refractivity contribution is 7.98. The Morgan fingerprint density at radius 3 is 3.00 bits per heavy atom. The van der Waals surface area contributed by atoms with Gasteiger partial charge in [0.05, 0.1) is 22.5 Å². The van der Waals surface area contributed by atoms with Crippen molar-refractivity contribution >= 4 is 17.8 Å². The van der Waals surface area contributed by atoms with E-state index in [-0.39, 0.29) is 11.8 Å². The first kappa shape index (κ1) is 11.6. The maximum Gasteiger partial charge on any atom is 0.227 e. The molecule has 0 bridgehead atoms. The van der Waals surface area contributed by atoms with Crippen LogP contribution >= 0.6 is 11.8 Å². The largest absolute Gasteiger partial charge is 0.480 e. The fraction of sp³-hybridized carbons (Fsp3) is 0.412. The van der Waals surface area contributed by atoms with Crippen LogP contribution in [-0.2, 0) is 6.42 Å². The van der Waals surface area contributed by atoms with E-state index in [1.807, 2.05) is 6.26 Å². The number of fused-ring (bicyclic) bond motifs is 1. The van der Waals surface area contributed by atoms with Crippen LogP contribution in [-0.4, -0.2) is 33.2 Å². The molecule has 0 atom stereocenters. The fourth-order valence-corrected chi connectivity index (χ4v) is 3.46. The lowest BCUT2D eigenvalue weighted by molar-refractivity contribution is 0.397. The van der Waals surface area contributed by atoms with Crippen molar-refractivity contribution in [1.82, 2.24) is 19.9 Å². The number of thioether (sulfide) groups is 1. The summed E-state index contributed by atoms with van der Waals surface area (Å²) in [6.07, 6.45) is 11.3. The molecule has 2 aromatic rings. The minimum Gasteiger partial charge on any atom is -0.480 e. The van der Waals surface area contributed by atoms with E-state index in [0.717, 1.165) is 47.7 Å². The van der Waals surface area contributed by atoms with E-state index in [9.17, 15) is 0 Å². The van der Waals surface area contributed by atoms with Crippen LogP contribution in [0.15, 0.2) is 17.4 Å². The molecule has 0 radical (unpaired) electrons. The molecule has 0 aliphatic heterocycles. The molecule has 1 fully saturated rings. The number of hydrogen-bond acceptors (Lipinski definition) is 6. The van der Waals surface area contributed by atoms with Crippen LogP contribution in [0.3, 0.4) is 0 Å². The maximum absolute atomic E-state index is 7.45. The normalized spacial score (nSPS) is 18.7. The number of aryl methyl sites for hydroxylation is 1. The molecule has 0 saturated heterocycles. The van der Waals surface area contributed by atoms with Crippen molar-refractivity contribution < 1.29 is 8.85 Å². The Labute approximate surface area is 143 Å². The molecule has 2 aromatic heterocycles. The zero-order valence-corrected chi connectivity index (χ0v) is 13.6. The summed E-state index contributed by atoms with van der Waals surface area (Å²) in [6.45, 7) is 0. The summed E-state index contributed by atoms with van der Waals surface area (Å²) in [7, 11) is -2.59. The van der Waals surface area contributed by atoms with Gasteiger partial charge in [-0.15, -0.1) is 11.8 Å². The Morgan fingerprint density at radius 2 is 2.22 bits per heavy atom. The van der Waals surface area contributed by atoms with Crippen LogP contribution in [0.2, 0.25) is 0 Å². The van der Waals surface area contributed by atoms with Gasteiger partial charge < -0.3 is 4.74 Å². The van der Waals surface area contributed by atoms with Gasteiger partial charge >= 0.3 is 0 Å². The Hall–Kier alpha value is -1.95. The molecule has 118 valence electrons. The first-order valence-corrected chi connectivity index (χ1v) is 8.84. The van der Waals surface area contributed by atoms with Gasteiger partial charge in [0.15, 0.2) is 5.82 Å². The van der Waals surface area contributed by atoms with Gasteiger partial charge in [-0.05, 0) is 31.9 Å². The summed E-state index contributed by atoms with van der Waals surface area (Å²) < 4.78 is 27.5. The molecule has 6 heteroatoms. The molecule has 0 spiro atoms. The number of ether oxygens (including phenoxy) is 1. The van der Waals surface area contributed by atoms with Crippen molar-refractivity contribution in [3.05, 3.63) is 29.4 Å². The SMILES string of the molecule is [2H]C([2H])([2H])Oc1ncnc(C2CC2)c1-c1nc2c(c(SC)n1)C=CCC2. The topological polar surface area (TPSA) is 60.8 Å². The number of hydrogen-bond donors (Lipinski definition) is 0. The summed E-state index contributed by atoms with van der Waals surface area (Å²) in [6, 6.07) is 0. The Bertz CT molecular complexity index is 881. The van der Waals surface area contributed by atoms with E-state index in [0.29, 0.717) is 11.4 Å². The Balaban J connectivity index is 1.90. The molecule has 23 heavy (non-hydrogen) atoms. The van der Waals surface area contributed by atoms with Crippen LogP contribution in [0.5, 0.6) is 5.88 Å². The van der Waals surface area contributed by atoms with Gasteiger partial charge in [0.2, 0.25) is 5.88 Å². The highest BCUT2D eigenvalue weighted by atomic mass is 32.2. The highest BCUT2D eigenvalue weighted by Gasteiger charge is 2.32. The van der Waals surface area contributed by atoms with Gasteiger partial charge in [0.25, 0.3) is 0 Å². The monoisotopic (exact) mass is 329 g/mol. The molecule has 2 aliphatic rings. The zero-order chi connectivity index (χ0) is 18.3. The predicted octanol–water partition coefficient (Wildman–Crippen LogP) is 3.50. The van der Waals surface area contributed by atoms with Crippen molar-refractivity contribution in [3.63, 3.8) is 0 Å². The average molecular weight is 329 g/mol. The number of methoxy groups -OCH3 is 1. The number of rotatable bonds is 4. The van der Waals surface area contributed by atoms with E-state index in [4.69, 9.17) is 18.8 Å². The van der Waals surface area contributed by atoms with Crippen molar-refractivity contribution in [2.75, 3.05) is 13.3 Å².